The molecule has 3 rings (SSSR count). The summed E-state index contributed by atoms with van der Waals surface area (Å²) in [7, 11) is 1.62. The number of phenolic OH excluding ortho intramolecular Hbond substituents is 1. The second-order valence-corrected chi connectivity index (χ2v) is 6.12. The number of rotatable bonds is 5. The van der Waals surface area contributed by atoms with Crippen LogP contribution in [0.5, 0.6) is 11.6 Å². The van der Waals surface area contributed by atoms with Gasteiger partial charge in [-0.15, -0.1) is 0 Å². The SMILES string of the molecule is CCN1CCN(Cc2cc(-c3cccc(OC)n3)ccc2O)CC1. The van der Waals surface area contributed by atoms with Gasteiger partial charge in [-0.1, -0.05) is 13.0 Å². The molecule has 0 amide bonds. The van der Waals surface area contributed by atoms with E-state index in [1.807, 2.05) is 30.3 Å². The van der Waals surface area contributed by atoms with Gasteiger partial charge in [-0.25, -0.2) is 4.98 Å². The molecule has 1 aromatic carbocycles. The van der Waals surface area contributed by atoms with Crippen LogP contribution in [0.2, 0.25) is 0 Å². The van der Waals surface area contributed by atoms with Crippen molar-refractivity contribution in [1.29, 1.82) is 0 Å². The fourth-order valence-electron chi connectivity index (χ4n) is 3.07. The molecule has 0 unspecified atom stereocenters. The van der Waals surface area contributed by atoms with E-state index in [0.717, 1.165) is 56.1 Å². The molecule has 1 saturated heterocycles. The lowest BCUT2D eigenvalue weighted by Gasteiger charge is -2.34. The Balaban J connectivity index is 1.76. The van der Waals surface area contributed by atoms with E-state index in [-0.39, 0.29) is 0 Å². The summed E-state index contributed by atoms with van der Waals surface area (Å²) in [6.45, 7) is 8.33. The van der Waals surface area contributed by atoms with Crippen LogP contribution < -0.4 is 4.74 Å². The number of likely N-dealkylation sites (N-methyl/N-ethyl adjacent to an activating group) is 1. The summed E-state index contributed by atoms with van der Waals surface area (Å²) in [5, 5.41) is 10.2. The van der Waals surface area contributed by atoms with Gasteiger partial charge in [0.2, 0.25) is 5.88 Å². The third-order valence-electron chi connectivity index (χ3n) is 4.61. The minimum atomic E-state index is 0.347. The maximum Gasteiger partial charge on any atom is 0.213 e. The molecule has 0 saturated carbocycles. The second-order valence-electron chi connectivity index (χ2n) is 6.12. The quantitative estimate of drug-likeness (QED) is 0.915. The number of aromatic nitrogens is 1. The Bertz CT molecular complexity index is 682. The molecular formula is C19H25N3O2. The Morgan fingerprint density at radius 3 is 2.54 bits per heavy atom. The van der Waals surface area contributed by atoms with E-state index in [9.17, 15) is 5.11 Å². The first-order valence-electron chi connectivity index (χ1n) is 8.47. The van der Waals surface area contributed by atoms with Gasteiger partial charge in [0.05, 0.1) is 12.8 Å². The lowest BCUT2D eigenvalue weighted by Crippen LogP contribution is -2.45. The van der Waals surface area contributed by atoms with Gasteiger partial charge < -0.3 is 14.7 Å². The van der Waals surface area contributed by atoms with Gasteiger partial charge in [0.15, 0.2) is 0 Å². The number of hydrogen-bond acceptors (Lipinski definition) is 5. The molecule has 1 fully saturated rings. The van der Waals surface area contributed by atoms with Crippen molar-refractivity contribution in [3.05, 3.63) is 42.0 Å². The number of nitrogens with zero attached hydrogens (tertiary/aromatic N) is 3. The number of piperazine rings is 1. The van der Waals surface area contributed by atoms with Crippen molar-refractivity contribution in [2.75, 3.05) is 39.8 Å². The molecule has 5 heteroatoms. The van der Waals surface area contributed by atoms with Crippen molar-refractivity contribution in [2.45, 2.75) is 13.5 Å². The Kier molecular flexibility index (Phi) is 5.33. The fourth-order valence-corrected chi connectivity index (χ4v) is 3.07. The van der Waals surface area contributed by atoms with Gasteiger partial charge in [0.25, 0.3) is 0 Å². The van der Waals surface area contributed by atoms with Crippen LogP contribution in [0.25, 0.3) is 11.3 Å². The monoisotopic (exact) mass is 327 g/mol. The van der Waals surface area contributed by atoms with E-state index in [4.69, 9.17) is 4.74 Å². The zero-order valence-corrected chi connectivity index (χ0v) is 14.4. The highest BCUT2D eigenvalue weighted by molar-refractivity contribution is 5.62. The first-order valence-corrected chi connectivity index (χ1v) is 8.47. The highest BCUT2D eigenvalue weighted by Gasteiger charge is 2.17. The molecule has 1 aliphatic heterocycles. The molecule has 1 aromatic heterocycles. The third kappa shape index (κ3) is 3.86. The average Bonchev–Trinajstić information content (AvgIpc) is 2.64. The fraction of sp³-hybridized carbons (Fsp3) is 0.421. The smallest absolute Gasteiger partial charge is 0.213 e. The highest BCUT2D eigenvalue weighted by atomic mass is 16.5. The summed E-state index contributed by atoms with van der Waals surface area (Å²) in [5.41, 5.74) is 2.79. The second kappa shape index (κ2) is 7.64. The zero-order chi connectivity index (χ0) is 16.9. The molecule has 2 aromatic rings. The standard InChI is InChI=1S/C19H25N3O2/c1-3-21-9-11-22(12-10-21)14-16-13-15(7-8-18(16)23)17-5-4-6-19(20-17)24-2/h4-8,13,23H,3,9-12,14H2,1-2H3. The van der Waals surface area contributed by atoms with Gasteiger partial charge in [-0.3, -0.25) is 4.90 Å². The first-order chi connectivity index (χ1) is 11.7. The van der Waals surface area contributed by atoms with Crippen LogP contribution in [0.1, 0.15) is 12.5 Å². The minimum absolute atomic E-state index is 0.347. The molecule has 24 heavy (non-hydrogen) atoms. The predicted molar refractivity (Wildman–Crippen MR) is 95.3 cm³/mol. The van der Waals surface area contributed by atoms with Gasteiger partial charge in [0.1, 0.15) is 5.75 Å². The molecule has 128 valence electrons. The zero-order valence-electron chi connectivity index (χ0n) is 14.4. The van der Waals surface area contributed by atoms with Gasteiger partial charge >= 0.3 is 0 Å². The largest absolute Gasteiger partial charge is 0.508 e. The van der Waals surface area contributed by atoms with Crippen LogP contribution in [-0.4, -0.2) is 59.7 Å². The van der Waals surface area contributed by atoms with E-state index in [1.165, 1.54) is 0 Å². The summed E-state index contributed by atoms with van der Waals surface area (Å²) in [6, 6.07) is 11.4. The number of aromatic hydroxyl groups is 1. The van der Waals surface area contributed by atoms with Crippen LogP contribution in [-0.2, 0) is 6.54 Å². The Hall–Kier alpha value is -2.11. The van der Waals surface area contributed by atoms with Crippen molar-refractivity contribution in [2.24, 2.45) is 0 Å². The molecule has 1 aliphatic rings. The number of ether oxygens (including phenoxy) is 1. The number of pyridine rings is 1. The Morgan fingerprint density at radius 1 is 1.08 bits per heavy atom. The van der Waals surface area contributed by atoms with Crippen LogP contribution in [0.3, 0.4) is 0 Å². The third-order valence-corrected chi connectivity index (χ3v) is 4.61. The topological polar surface area (TPSA) is 48.8 Å². The Labute approximate surface area is 143 Å². The summed E-state index contributed by atoms with van der Waals surface area (Å²) in [5.74, 6) is 0.942. The number of phenols is 1. The molecule has 0 atom stereocenters. The summed E-state index contributed by atoms with van der Waals surface area (Å²) >= 11 is 0. The molecule has 0 bridgehead atoms. The number of hydrogen-bond donors (Lipinski definition) is 1. The molecule has 0 aliphatic carbocycles. The molecule has 0 spiro atoms. The lowest BCUT2D eigenvalue weighted by atomic mass is 10.1. The van der Waals surface area contributed by atoms with Crippen molar-refractivity contribution in [1.82, 2.24) is 14.8 Å². The lowest BCUT2D eigenvalue weighted by molar-refractivity contribution is 0.131. The van der Waals surface area contributed by atoms with E-state index in [0.29, 0.717) is 11.6 Å². The van der Waals surface area contributed by atoms with Crippen molar-refractivity contribution < 1.29 is 9.84 Å². The molecule has 0 radical (unpaired) electrons. The normalized spacial score (nSPS) is 16.2. The van der Waals surface area contributed by atoms with E-state index in [1.54, 1.807) is 13.2 Å². The van der Waals surface area contributed by atoms with Gasteiger partial charge in [-0.2, -0.15) is 0 Å². The maximum absolute atomic E-state index is 10.2. The summed E-state index contributed by atoms with van der Waals surface area (Å²) in [4.78, 5) is 9.32. The maximum atomic E-state index is 10.2. The van der Waals surface area contributed by atoms with E-state index >= 15 is 0 Å². The van der Waals surface area contributed by atoms with Crippen molar-refractivity contribution >= 4 is 0 Å². The molecular weight excluding hydrogens is 302 g/mol. The van der Waals surface area contributed by atoms with Crippen molar-refractivity contribution in [3.8, 4) is 22.9 Å². The summed E-state index contributed by atoms with van der Waals surface area (Å²) < 4.78 is 5.20. The minimum Gasteiger partial charge on any atom is -0.508 e. The predicted octanol–water partition coefficient (Wildman–Crippen LogP) is 2.60. The average molecular weight is 327 g/mol. The van der Waals surface area contributed by atoms with Crippen LogP contribution in [0.15, 0.2) is 36.4 Å². The van der Waals surface area contributed by atoms with Crippen LogP contribution in [0.4, 0.5) is 0 Å². The molecule has 5 nitrogen and oxygen atoms in total. The van der Waals surface area contributed by atoms with Crippen molar-refractivity contribution in [3.63, 3.8) is 0 Å². The highest BCUT2D eigenvalue weighted by Crippen LogP contribution is 2.27. The first kappa shape index (κ1) is 16.7. The Morgan fingerprint density at radius 2 is 1.83 bits per heavy atom. The van der Waals surface area contributed by atoms with E-state index in [2.05, 4.69) is 21.7 Å². The van der Waals surface area contributed by atoms with Crippen LogP contribution >= 0.6 is 0 Å². The summed E-state index contributed by atoms with van der Waals surface area (Å²) in [6.07, 6.45) is 0. The van der Waals surface area contributed by atoms with Gasteiger partial charge in [0, 0.05) is 49.9 Å². The van der Waals surface area contributed by atoms with Crippen LogP contribution in [0, 0.1) is 0 Å². The molecule has 1 N–H and O–H groups in total. The number of methoxy groups -OCH3 is 1. The molecule has 2 heterocycles. The van der Waals surface area contributed by atoms with E-state index < -0.39 is 0 Å². The number of benzene rings is 1. The van der Waals surface area contributed by atoms with Gasteiger partial charge in [-0.05, 0) is 30.8 Å².